The number of nitrogens with zero attached hydrogens (tertiary/aromatic N) is 2. The molecule has 0 radical (unpaired) electrons. The molecule has 0 bridgehead atoms. The summed E-state index contributed by atoms with van der Waals surface area (Å²) in [5.74, 6) is -0.0142. The molecule has 0 atom stereocenters. The summed E-state index contributed by atoms with van der Waals surface area (Å²) in [6.07, 6.45) is 0.514. The van der Waals surface area contributed by atoms with E-state index in [1.165, 1.54) is 6.92 Å². The Morgan fingerprint density at radius 3 is 3.00 bits per heavy atom. The van der Waals surface area contributed by atoms with E-state index in [0.717, 1.165) is 0 Å². The first-order valence-corrected chi connectivity index (χ1v) is 3.80. The van der Waals surface area contributed by atoms with Crippen molar-refractivity contribution in [2.75, 3.05) is 0 Å². The number of ketones is 2. The molecule has 0 N–H and O–H groups in total. The van der Waals surface area contributed by atoms with E-state index in [1.54, 1.807) is 10.7 Å². The number of rotatable bonds is 1. The van der Waals surface area contributed by atoms with E-state index >= 15 is 0 Å². The molecule has 0 saturated heterocycles. The van der Waals surface area contributed by atoms with Gasteiger partial charge in [-0.1, -0.05) is 0 Å². The summed E-state index contributed by atoms with van der Waals surface area (Å²) in [5.41, 5.74) is 0.957. The third-order valence-electron chi connectivity index (χ3n) is 1.98. The molecular formula is C8H8N2O2. The van der Waals surface area contributed by atoms with E-state index in [4.69, 9.17) is 0 Å². The Balaban J connectivity index is 2.49. The molecule has 1 aromatic rings. The van der Waals surface area contributed by atoms with Gasteiger partial charge in [0.15, 0.2) is 11.6 Å². The molecule has 2 rings (SSSR count). The van der Waals surface area contributed by atoms with Crippen LogP contribution in [0.1, 0.15) is 34.3 Å². The number of fused-ring (bicyclic) bond motifs is 1. The summed E-state index contributed by atoms with van der Waals surface area (Å²) in [6, 6.07) is 1.57. The smallest absolute Gasteiger partial charge is 0.182 e. The molecule has 0 aromatic carbocycles. The maximum absolute atomic E-state index is 11.1. The number of aryl methyl sites for hydroxylation is 1. The van der Waals surface area contributed by atoms with Crippen molar-refractivity contribution in [3.05, 3.63) is 17.5 Å². The van der Waals surface area contributed by atoms with Crippen molar-refractivity contribution in [3.63, 3.8) is 0 Å². The zero-order valence-electron chi connectivity index (χ0n) is 6.70. The van der Waals surface area contributed by atoms with Crippen LogP contribution in [-0.2, 0) is 6.54 Å². The number of hydrogen-bond donors (Lipinski definition) is 0. The highest BCUT2D eigenvalue weighted by Crippen LogP contribution is 2.15. The minimum Gasteiger partial charge on any atom is -0.293 e. The fourth-order valence-corrected chi connectivity index (χ4v) is 1.32. The minimum atomic E-state index is -0.0929. The van der Waals surface area contributed by atoms with Gasteiger partial charge < -0.3 is 0 Å². The van der Waals surface area contributed by atoms with E-state index in [9.17, 15) is 9.59 Å². The lowest BCUT2D eigenvalue weighted by molar-refractivity contribution is 0.0994. The highest BCUT2D eigenvalue weighted by molar-refractivity contribution is 5.99. The van der Waals surface area contributed by atoms with Gasteiger partial charge in [-0.05, 0) is 6.07 Å². The van der Waals surface area contributed by atoms with Crippen LogP contribution in [0, 0.1) is 0 Å². The number of aromatic nitrogens is 2. The Morgan fingerprint density at radius 2 is 2.42 bits per heavy atom. The third kappa shape index (κ3) is 0.879. The largest absolute Gasteiger partial charge is 0.293 e. The van der Waals surface area contributed by atoms with Crippen molar-refractivity contribution in [1.29, 1.82) is 0 Å². The zero-order chi connectivity index (χ0) is 8.72. The van der Waals surface area contributed by atoms with Gasteiger partial charge in [-0.2, -0.15) is 5.10 Å². The summed E-state index contributed by atoms with van der Waals surface area (Å²) in [6.45, 7) is 2.06. The van der Waals surface area contributed by atoms with Gasteiger partial charge in [0.05, 0.1) is 0 Å². The summed E-state index contributed by atoms with van der Waals surface area (Å²) in [4.78, 5) is 22.0. The van der Waals surface area contributed by atoms with Crippen molar-refractivity contribution < 1.29 is 9.59 Å². The number of carbonyl (C=O) groups excluding carboxylic acids is 2. The van der Waals surface area contributed by atoms with Gasteiger partial charge in [-0.15, -0.1) is 0 Å². The van der Waals surface area contributed by atoms with Gasteiger partial charge in [0.25, 0.3) is 0 Å². The van der Waals surface area contributed by atoms with Gasteiger partial charge in [0.2, 0.25) is 0 Å². The van der Waals surface area contributed by atoms with Crippen LogP contribution >= 0.6 is 0 Å². The normalized spacial score (nSPS) is 14.9. The molecule has 1 aliphatic heterocycles. The van der Waals surface area contributed by atoms with E-state index in [2.05, 4.69) is 5.10 Å². The highest BCUT2D eigenvalue weighted by atomic mass is 16.1. The molecule has 0 saturated carbocycles. The lowest BCUT2D eigenvalue weighted by Gasteiger charge is -1.88. The third-order valence-corrected chi connectivity index (χ3v) is 1.98. The molecule has 0 aliphatic carbocycles. The van der Waals surface area contributed by atoms with Crippen molar-refractivity contribution in [2.45, 2.75) is 19.9 Å². The van der Waals surface area contributed by atoms with Crippen LogP contribution < -0.4 is 0 Å². The zero-order valence-corrected chi connectivity index (χ0v) is 6.70. The fraction of sp³-hybridized carbons (Fsp3) is 0.375. The first kappa shape index (κ1) is 7.21. The Labute approximate surface area is 69.2 Å². The van der Waals surface area contributed by atoms with Crippen LogP contribution in [0.4, 0.5) is 0 Å². The average molecular weight is 164 g/mol. The van der Waals surface area contributed by atoms with Crippen LogP contribution in [0.3, 0.4) is 0 Å². The highest BCUT2D eigenvalue weighted by Gasteiger charge is 2.22. The molecular weight excluding hydrogens is 156 g/mol. The molecule has 0 amide bonds. The van der Waals surface area contributed by atoms with Crippen LogP contribution in [0.2, 0.25) is 0 Å². The Hall–Kier alpha value is -1.45. The number of Topliss-reactive ketones (excluding diaryl/α,β-unsaturated/α-hetero) is 2. The van der Waals surface area contributed by atoms with E-state index in [0.29, 0.717) is 24.4 Å². The average Bonchev–Trinajstić information content (AvgIpc) is 2.53. The van der Waals surface area contributed by atoms with Gasteiger partial charge in [-0.3, -0.25) is 14.3 Å². The quantitative estimate of drug-likeness (QED) is 0.573. The minimum absolute atomic E-state index is 0.0787. The van der Waals surface area contributed by atoms with Crippen LogP contribution in [-0.4, -0.2) is 21.3 Å². The Bertz CT molecular complexity index is 365. The van der Waals surface area contributed by atoms with Crippen molar-refractivity contribution in [1.82, 2.24) is 9.78 Å². The molecule has 0 fully saturated rings. The lowest BCUT2D eigenvalue weighted by atomic mass is 10.2. The molecule has 62 valence electrons. The van der Waals surface area contributed by atoms with Crippen LogP contribution in [0.15, 0.2) is 6.07 Å². The number of hydrogen-bond acceptors (Lipinski definition) is 3. The first-order chi connectivity index (χ1) is 5.68. The molecule has 2 heterocycles. The van der Waals surface area contributed by atoms with Crippen LogP contribution in [0.5, 0.6) is 0 Å². The molecule has 1 aliphatic rings. The maximum atomic E-state index is 11.1. The Kier molecular flexibility index (Phi) is 1.36. The molecule has 4 heteroatoms. The summed E-state index contributed by atoms with van der Waals surface area (Å²) < 4.78 is 1.60. The topological polar surface area (TPSA) is 52.0 Å². The van der Waals surface area contributed by atoms with Gasteiger partial charge in [0, 0.05) is 19.9 Å². The second-order valence-corrected chi connectivity index (χ2v) is 2.87. The van der Waals surface area contributed by atoms with Gasteiger partial charge >= 0.3 is 0 Å². The lowest BCUT2D eigenvalue weighted by Crippen LogP contribution is -1.98. The van der Waals surface area contributed by atoms with E-state index in [1.807, 2.05) is 0 Å². The molecule has 4 nitrogen and oxygen atoms in total. The van der Waals surface area contributed by atoms with Crippen molar-refractivity contribution in [2.24, 2.45) is 0 Å². The predicted molar refractivity (Wildman–Crippen MR) is 41.2 cm³/mol. The molecule has 0 spiro atoms. The molecule has 1 aromatic heterocycles. The fourth-order valence-electron chi connectivity index (χ4n) is 1.32. The standard InChI is InChI=1S/C8H8N2O2/c1-5(11)6-4-7-8(12)2-3-10(7)9-6/h4H,2-3H2,1H3. The summed E-state index contributed by atoms with van der Waals surface area (Å²) >= 11 is 0. The second kappa shape index (κ2) is 2.27. The van der Waals surface area contributed by atoms with E-state index < -0.39 is 0 Å². The first-order valence-electron chi connectivity index (χ1n) is 3.80. The van der Waals surface area contributed by atoms with Crippen molar-refractivity contribution in [3.8, 4) is 0 Å². The van der Waals surface area contributed by atoms with Crippen molar-refractivity contribution >= 4 is 11.6 Å². The predicted octanol–water partition coefficient (Wildman–Crippen LogP) is 0.672. The van der Waals surface area contributed by atoms with Gasteiger partial charge in [-0.25, -0.2) is 0 Å². The molecule has 12 heavy (non-hydrogen) atoms. The SMILES string of the molecule is CC(=O)c1cc2n(n1)CCC2=O. The number of carbonyl (C=O) groups is 2. The summed E-state index contributed by atoms with van der Waals surface area (Å²) in [7, 11) is 0. The van der Waals surface area contributed by atoms with E-state index in [-0.39, 0.29) is 11.6 Å². The Morgan fingerprint density at radius 1 is 1.67 bits per heavy atom. The maximum Gasteiger partial charge on any atom is 0.182 e. The second-order valence-electron chi connectivity index (χ2n) is 2.87. The van der Waals surface area contributed by atoms with Crippen LogP contribution in [0.25, 0.3) is 0 Å². The summed E-state index contributed by atoms with van der Waals surface area (Å²) in [5, 5.41) is 3.99. The van der Waals surface area contributed by atoms with Gasteiger partial charge in [0.1, 0.15) is 11.4 Å². The monoisotopic (exact) mass is 164 g/mol. The molecule has 0 unspecified atom stereocenters.